The second-order valence-corrected chi connectivity index (χ2v) is 4.87. The summed E-state index contributed by atoms with van der Waals surface area (Å²) in [5.41, 5.74) is 7.75. The monoisotopic (exact) mass is 242 g/mol. The molecule has 0 aliphatic heterocycles. The van der Waals surface area contributed by atoms with Crippen LogP contribution in [0.25, 0.3) is 0 Å². The first kappa shape index (κ1) is 12.8. The van der Waals surface area contributed by atoms with Crippen LogP contribution < -0.4 is 5.73 Å². The van der Waals surface area contributed by atoms with E-state index in [1.807, 2.05) is 49.7 Å². The van der Waals surface area contributed by atoms with E-state index in [1.54, 1.807) is 6.07 Å². The predicted molar refractivity (Wildman–Crippen MR) is 72.5 cm³/mol. The molecule has 0 saturated heterocycles. The SMILES string of the molecule is CC(N)([CH]c1cccc(F)c1)Cc1ccccc1. The lowest BCUT2D eigenvalue weighted by Gasteiger charge is -2.24. The molecule has 0 spiro atoms. The van der Waals surface area contributed by atoms with Gasteiger partial charge in [-0.1, -0.05) is 42.5 Å². The molecule has 93 valence electrons. The van der Waals surface area contributed by atoms with Crippen LogP contribution in [0.4, 0.5) is 4.39 Å². The highest BCUT2D eigenvalue weighted by molar-refractivity contribution is 5.30. The van der Waals surface area contributed by atoms with E-state index in [-0.39, 0.29) is 5.82 Å². The Kier molecular flexibility index (Phi) is 3.78. The second kappa shape index (κ2) is 5.32. The van der Waals surface area contributed by atoms with E-state index in [4.69, 9.17) is 5.73 Å². The molecule has 0 heterocycles. The quantitative estimate of drug-likeness (QED) is 0.874. The fraction of sp³-hybridized carbons (Fsp3) is 0.188. The highest BCUT2D eigenvalue weighted by atomic mass is 19.1. The molecule has 0 aliphatic rings. The van der Waals surface area contributed by atoms with Crippen molar-refractivity contribution >= 4 is 0 Å². The first-order chi connectivity index (χ1) is 8.55. The number of benzene rings is 2. The Morgan fingerprint density at radius 1 is 1.11 bits per heavy atom. The average molecular weight is 242 g/mol. The Morgan fingerprint density at radius 3 is 2.50 bits per heavy atom. The van der Waals surface area contributed by atoms with E-state index in [1.165, 1.54) is 17.7 Å². The zero-order valence-corrected chi connectivity index (χ0v) is 10.4. The van der Waals surface area contributed by atoms with Crippen LogP contribution in [0.5, 0.6) is 0 Å². The zero-order chi connectivity index (χ0) is 13.0. The average Bonchev–Trinajstić information content (AvgIpc) is 2.28. The van der Waals surface area contributed by atoms with Crippen molar-refractivity contribution in [3.63, 3.8) is 0 Å². The highest BCUT2D eigenvalue weighted by Gasteiger charge is 2.20. The molecule has 18 heavy (non-hydrogen) atoms. The maximum atomic E-state index is 13.1. The summed E-state index contributed by atoms with van der Waals surface area (Å²) in [6.07, 6.45) is 2.63. The molecule has 1 nitrogen and oxygen atoms in total. The van der Waals surface area contributed by atoms with Crippen molar-refractivity contribution in [2.45, 2.75) is 18.9 Å². The van der Waals surface area contributed by atoms with Gasteiger partial charge in [0.25, 0.3) is 0 Å². The summed E-state index contributed by atoms with van der Waals surface area (Å²) in [6, 6.07) is 16.5. The van der Waals surface area contributed by atoms with Gasteiger partial charge in [0.1, 0.15) is 5.82 Å². The molecule has 2 heteroatoms. The standard InChI is InChI=1S/C16H17FN/c1-16(18,11-13-6-3-2-4-7-13)12-14-8-5-9-15(17)10-14/h2-10,12H,11,18H2,1H3. The topological polar surface area (TPSA) is 26.0 Å². The molecule has 0 aromatic heterocycles. The second-order valence-electron chi connectivity index (χ2n) is 4.87. The van der Waals surface area contributed by atoms with E-state index >= 15 is 0 Å². The van der Waals surface area contributed by atoms with Crippen LogP contribution in [0.3, 0.4) is 0 Å². The van der Waals surface area contributed by atoms with Crippen LogP contribution in [-0.2, 0) is 6.42 Å². The van der Waals surface area contributed by atoms with Gasteiger partial charge in [0.15, 0.2) is 0 Å². The minimum absolute atomic E-state index is 0.237. The fourth-order valence-electron chi connectivity index (χ4n) is 2.06. The largest absolute Gasteiger partial charge is 0.324 e. The summed E-state index contributed by atoms with van der Waals surface area (Å²) in [7, 11) is 0. The number of nitrogens with two attached hydrogens (primary N) is 1. The van der Waals surface area contributed by atoms with Crippen molar-refractivity contribution in [3.8, 4) is 0 Å². The molecule has 2 aromatic carbocycles. The molecule has 0 bridgehead atoms. The lowest BCUT2D eigenvalue weighted by atomic mass is 9.87. The van der Waals surface area contributed by atoms with Gasteiger partial charge in [-0.2, -0.15) is 0 Å². The zero-order valence-electron chi connectivity index (χ0n) is 10.4. The van der Waals surface area contributed by atoms with Gasteiger partial charge >= 0.3 is 0 Å². The summed E-state index contributed by atoms with van der Waals surface area (Å²) < 4.78 is 13.1. The molecular weight excluding hydrogens is 225 g/mol. The lowest BCUT2D eigenvalue weighted by molar-refractivity contribution is 0.546. The van der Waals surface area contributed by atoms with Gasteiger partial charge in [-0.15, -0.1) is 0 Å². The summed E-state index contributed by atoms with van der Waals surface area (Å²) in [4.78, 5) is 0. The van der Waals surface area contributed by atoms with E-state index in [9.17, 15) is 4.39 Å². The third-order valence-electron chi connectivity index (χ3n) is 2.77. The molecule has 2 aromatic rings. The molecule has 1 radical (unpaired) electrons. The molecule has 1 unspecified atom stereocenters. The third kappa shape index (κ3) is 3.67. The molecular formula is C16H17FN. The van der Waals surface area contributed by atoms with Gasteiger partial charge in [0, 0.05) is 12.0 Å². The number of hydrogen-bond donors (Lipinski definition) is 1. The van der Waals surface area contributed by atoms with Gasteiger partial charge in [-0.3, -0.25) is 0 Å². The van der Waals surface area contributed by atoms with Crippen molar-refractivity contribution in [1.29, 1.82) is 0 Å². The lowest BCUT2D eigenvalue weighted by Crippen LogP contribution is -2.39. The number of hydrogen-bond acceptors (Lipinski definition) is 1. The van der Waals surface area contributed by atoms with E-state index in [0.29, 0.717) is 0 Å². The minimum atomic E-state index is -0.491. The Bertz CT molecular complexity index is 506. The minimum Gasteiger partial charge on any atom is -0.324 e. The Hall–Kier alpha value is -1.67. The molecule has 0 saturated carbocycles. The molecule has 2 N–H and O–H groups in total. The summed E-state index contributed by atoms with van der Waals surface area (Å²) in [5, 5.41) is 0. The molecule has 0 aliphatic carbocycles. The number of rotatable bonds is 4. The third-order valence-corrected chi connectivity index (χ3v) is 2.77. The van der Waals surface area contributed by atoms with Crippen molar-refractivity contribution in [2.24, 2.45) is 5.73 Å². The molecule has 1 atom stereocenters. The fourth-order valence-corrected chi connectivity index (χ4v) is 2.06. The maximum absolute atomic E-state index is 13.1. The van der Waals surface area contributed by atoms with Gasteiger partial charge in [0.2, 0.25) is 0 Å². The van der Waals surface area contributed by atoms with Crippen LogP contribution in [-0.4, -0.2) is 5.54 Å². The number of halogens is 1. The van der Waals surface area contributed by atoms with Gasteiger partial charge in [0.05, 0.1) is 0 Å². The Morgan fingerprint density at radius 2 is 1.83 bits per heavy atom. The Balaban J connectivity index is 2.07. The molecule has 0 amide bonds. The van der Waals surface area contributed by atoms with Gasteiger partial charge in [-0.25, -0.2) is 4.39 Å². The van der Waals surface area contributed by atoms with Gasteiger partial charge < -0.3 is 5.73 Å². The summed E-state index contributed by atoms with van der Waals surface area (Å²) in [5.74, 6) is -0.237. The van der Waals surface area contributed by atoms with Crippen LogP contribution in [0.2, 0.25) is 0 Å². The van der Waals surface area contributed by atoms with Crippen molar-refractivity contribution in [2.75, 3.05) is 0 Å². The normalized spacial score (nSPS) is 14.2. The maximum Gasteiger partial charge on any atom is 0.123 e. The van der Waals surface area contributed by atoms with Crippen molar-refractivity contribution in [3.05, 3.63) is 78.0 Å². The van der Waals surface area contributed by atoms with Gasteiger partial charge in [-0.05, 0) is 36.6 Å². The van der Waals surface area contributed by atoms with E-state index in [0.717, 1.165) is 12.0 Å². The Labute approximate surface area is 107 Å². The molecule has 2 rings (SSSR count). The molecule has 0 fully saturated rings. The van der Waals surface area contributed by atoms with E-state index < -0.39 is 5.54 Å². The predicted octanol–water partition coefficient (Wildman–Crippen LogP) is 3.34. The van der Waals surface area contributed by atoms with Crippen LogP contribution >= 0.6 is 0 Å². The van der Waals surface area contributed by atoms with Crippen LogP contribution in [0, 0.1) is 12.2 Å². The van der Waals surface area contributed by atoms with Crippen LogP contribution in [0.15, 0.2) is 54.6 Å². The van der Waals surface area contributed by atoms with Crippen molar-refractivity contribution < 1.29 is 4.39 Å². The smallest absolute Gasteiger partial charge is 0.123 e. The van der Waals surface area contributed by atoms with Crippen molar-refractivity contribution in [1.82, 2.24) is 0 Å². The first-order valence-corrected chi connectivity index (χ1v) is 5.99. The highest BCUT2D eigenvalue weighted by Crippen LogP contribution is 2.19. The summed E-state index contributed by atoms with van der Waals surface area (Å²) >= 11 is 0. The first-order valence-electron chi connectivity index (χ1n) is 5.99. The van der Waals surface area contributed by atoms with Crippen LogP contribution in [0.1, 0.15) is 18.1 Å². The van der Waals surface area contributed by atoms with E-state index in [2.05, 4.69) is 0 Å². The summed E-state index contributed by atoms with van der Waals surface area (Å²) in [6.45, 7) is 1.95.